The summed E-state index contributed by atoms with van der Waals surface area (Å²) in [5.41, 5.74) is 0. The lowest BCUT2D eigenvalue weighted by Gasteiger charge is -2.18. The van der Waals surface area contributed by atoms with E-state index in [1.165, 1.54) is 0 Å². The standard InChI is InChI=1S/C6H10N2S/c1-6(2-3-7)8-4-5-9-6/h8H,2,4-5H2,1H3. The smallest absolute Gasteiger partial charge is 0.0748 e. The van der Waals surface area contributed by atoms with E-state index in [4.69, 9.17) is 5.26 Å². The van der Waals surface area contributed by atoms with Crippen molar-refractivity contribution in [2.24, 2.45) is 0 Å². The summed E-state index contributed by atoms with van der Waals surface area (Å²) in [7, 11) is 0. The molecule has 50 valence electrons. The maximum absolute atomic E-state index is 8.39. The number of thioether (sulfide) groups is 1. The first-order chi connectivity index (χ1) is 4.27. The molecule has 0 spiro atoms. The van der Waals surface area contributed by atoms with Gasteiger partial charge < -0.3 is 5.32 Å². The molecule has 0 aliphatic carbocycles. The number of hydrogen-bond acceptors (Lipinski definition) is 3. The van der Waals surface area contributed by atoms with E-state index in [0.29, 0.717) is 6.42 Å². The first-order valence-electron chi connectivity index (χ1n) is 3.03. The van der Waals surface area contributed by atoms with Crippen LogP contribution in [0.5, 0.6) is 0 Å². The zero-order valence-corrected chi connectivity index (χ0v) is 6.29. The molecular formula is C6H10N2S. The first-order valence-corrected chi connectivity index (χ1v) is 4.01. The van der Waals surface area contributed by atoms with Gasteiger partial charge in [0.2, 0.25) is 0 Å². The fourth-order valence-electron chi connectivity index (χ4n) is 0.907. The van der Waals surface area contributed by atoms with Crippen LogP contribution >= 0.6 is 11.8 Å². The molecule has 0 saturated carbocycles. The average Bonchev–Trinajstić information content (AvgIpc) is 2.16. The van der Waals surface area contributed by atoms with Crippen molar-refractivity contribution in [2.45, 2.75) is 18.2 Å². The minimum absolute atomic E-state index is 0.0503. The van der Waals surface area contributed by atoms with Crippen molar-refractivity contribution in [3.05, 3.63) is 0 Å². The molecule has 1 N–H and O–H groups in total. The summed E-state index contributed by atoms with van der Waals surface area (Å²) >= 11 is 1.84. The molecule has 0 amide bonds. The van der Waals surface area contributed by atoms with Gasteiger partial charge in [0.05, 0.1) is 17.4 Å². The molecule has 3 heteroatoms. The van der Waals surface area contributed by atoms with Crippen LogP contribution in [0.3, 0.4) is 0 Å². The van der Waals surface area contributed by atoms with Gasteiger partial charge in [0.15, 0.2) is 0 Å². The van der Waals surface area contributed by atoms with Crippen LogP contribution in [0.2, 0.25) is 0 Å². The van der Waals surface area contributed by atoms with Crippen molar-refractivity contribution in [3.63, 3.8) is 0 Å². The molecule has 0 bridgehead atoms. The Morgan fingerprint density at radius 2 is 2.67 bits per heavy atom. The number of rotatable bonds is 1. The molecule has 0 radical (unpaired) electrons. The third-order valence-electron chi connectivity index (χ3n) is 1.44. The van der Waals surface area contributed by atoms with Crippen molar-refractivity contribution in [2.75, 3.05) is 12.3 Å². The molecule has 1 aliphatic rings. The Morgan fingerprint density at radius 1 is 1.89 bits per heavy atom. The van der Waals surface area contributed by atoms with Crippen LogP contribution in [0.15, 0.2) is 0 Å². The van der Waals surface area contributed by atoms with Crippen molar-refractivity contribution in [3.8, 4) is 6.07 Å². The molecule has 1 unspecified atom stereocenters. The van der Waals surface area contributed by atoms with Crippen LogP contribution in [-0.4, -0.2) is 17.2 Å². The topological polar surface area (TPSA) is 35.8 Å². The van der Waals surface area contributed by atoms with Crippen molar-refractivity contribution < 1.29 is 0 Å². The molecule has 9 heavy (non-hydrogen) atoms. The van der Waals surface area contributed by atoms with Gasteiger partial charge in [-0.25, -0.2) is 0 Å². The summed E-state index contributed by atoms with van der Waals surface area (Å²) in [6, 6.07) is 2.17. The second kappa shape index (κ2) is 2.59. The van der Waals surface area contributed by atoms with Crippen LogP contribution in [-0.2, 0) is 0 Å². The van der Waals surface area contributed by atoms with Crippen LogP contribution in [0, 0.1) is 11.3 Å². The van der Waals surface area contributed by atoms with Crippen molar-refractivity contribution >= 4 is 11.8 Å². The predicted molar refractivity (Wildman–Crippen MR) is 39.1 cm³/mol. The van der Waals surface area contributed by atoms with Crippen LogP contribution in [0.25, 0.3) is 0 Å². The predicted octanol–water partition coefficient (Wildman–Crippen LogP) is 0.953. The highest BCUT2D eigenvalue weighted by atomic mass is 32.2. The van der Waals surface area contributed by atoms with Gasteiger partial charge in [0, 0.05) is 12.3 Å². The first kappa shape index (κ1) is 6.91. The zero-order chi connectivity index (χ0) is 6.74. The molecule has 1 heterocycles. The Hall–Kier alpha value is -0.200. The fourth-order valence-corrected chi connectivity index (χ4v) is 1.93. The van der Waals surface area contributed by atoms with Gasteiger partial charge in [-0.05, 0) is 6.92 Å². The van der Waals surface area contributed by atoms with Crippen LogP contribution < -0.4 is 5.32 Å². The maximum atomic E-state index is 8.39. The molecule has 0 aromatic heterocycles. The monoisotopic (exact) mass is 142 g/mol. The summed E-state index contributed by atoms with van der Waals surface area (Å²) in [4.78, 5) is 0.0503. The zero-order valence-electron chi connectivity index (χ0n) is 5.48. The highest BCUT2D eigenvalue weighted by Gasteiger charge is 2.27. The Bertz CT molecular complexity index is 132. The minimum Gasteiger partial charge on any atom is -0.301 e. The highest BCUT2D eigenvalue weighted by Crippen LogP contribution is 2.28. The van der Waals surface area contributed by atoms with Gasteiger partial charge in [-0.1, -0.05) is 0 Å². The van der Waals surface area contributed by atoms with E-state index < -0.39 is 0 Å². The number of hydrogen-bond donors (Lipinski definition) is 1. The van der Waals surface area contributed by atoms with Crippen LogP contribution in [0.1, 0.15) is 13.3 Å². The summed E-state index contributed by atoms with van der Waals surface area (Å²) in [6.45, 7) is 3.12. The number of nitrogens with one attached hydrogen (secondary N) is 1. The Balaban J connectivity index is 2.43. The Kier molecular flexibility index (Phi) is 1.99. The van der Waals surface area contributed by atoms with Gasteiger partial charge in [-0.3, -0.25) is 0 Å². The lowest BCUT2D eigenvalue weighted by Crippen LogP contribution is -2.32. The molecule has 1 aliphatic heterocycles. The minimum atomic E-state index is 0.0503. The second-order valence-electron chi connectivity index (χ2n) is 2.34. The summed E-state index contributed by atoms with van der Waals surface area (Å²) in [5, 5.41) is 11.7. The summed E-state index contributed by atoms with van der Waals surface area (Å²) < 4.78 is 0. The fraction of sp³-hybridized carbons (Fsp3) is 0.833. The third-order valence-corrected chi connectivity index (χ3v) is 2.77. The van der Waals surface area contributed by atoms with Crippen molar-refractivity contribution in [1.82, 2.24) is 5.32 Å². The number of nitrogens with zero attached hydrogens (tertiary/aromatic N) is 1. The van der Waals surface area contributed by atoms with Gasteiger partial charge in [0.25, 0.3) is 0 Å². The van der Waals surface area contributed by atoms with E-state index in [1.807, 2.05) is 11.8 Å². The second-order valence-corrected chi connectivity index (χ2v) is 3.94. The van der Waals surface area contributed by atoms with E-state index in [2.05, 4.69) is 18.3 Å². The molecule has 1 atom stereocenters. The Morgan fingerprint density at radius 3 is 3.11 bits per heavy atom. The van der Waals surface area contributed by atoms with Crippen molar-refractivity contribution in [1.29, 1.82) is 5.26 Å². The Labute approximate surface area is 59.6 Å². The van der Waals surface area contributed by atoms with Crippen LogP contribution in [0.4, 0.5) is 0 Å². The maximum Gasteiger partial charge on any atom is 0.0748 e. The molecule has 0 aromatic carbocycles. The van der Waals surface area contributed by atoms with E-state index in [9.17, 15) is 0 Å². The quantitative estimate of drug-likeness (QED) is 0.592. The lowest BCUT2D eigenvalue weighted by molar-refractivity contribution is 0.556. The summed E-state index contributed by atoms with van der Waals surface area (Å²) in [5.74, 6) is 1.14. The molecule has 1 saturated heterocycles. The molecule has 1 fully saturated rings. The average molecular weight is 142 g/mol. The molecule has 0 aromatic rings. The largest absolute Gasteiger partial charge is 0.301 e. The van der Waals surface area contributed by atoms with E-state index in [1.54, 1.807) is 0 Å². The molecular weight excluding hydrogens is 132 g/mol. The molecule has 1 rings (SSSR count). The summed E-state index contributed by atoms with van der Waals surface area (Å²) in [6.07, 6.45) is 0.609. The van der Waals surface area contributed by atoms with Gasteiger partial charge in [-0.2, -0.15) is 5.26 Å². The van der Waals surface area contributed by atoms with E-state index in [0.717, 1.165) is 12.3 Å². The lowest BCUT2D eigenvalue weighted by atomic mass is 10.2. The SMILES string of the molecule is CC1(CC#N)NCCS1. The van der Waals surface area contributed by atoms with Gasteiger partial charge in [-0.15, -0.1) is 11.8 Å². The van der Waals surface area contributed by atoms with Gasteiger partial charge >= 0.3 is 0 Å². The van der Waals surface area contributed by atoms with E-state index >= 15 is 0 Å². The highest BCUT2D eigenvalue weighted by molar-refractivity contribution is 8.00. The van der Waals surface area contributed by atoms with E-state index in [-0.39, 0.29) is 4.87 Å². The third kappa shape index (κ3) is 1.60. The van der Waals surface area contributed by atoms with Gasteiger partial charge in [0.1, 0.15) is 0 Å². The molecule has 2 nitrogen and oxygen atoms in total. The normalized spacial score (nSPS) is 34.2. The number of nitriles is 1.